The first-order valence-electron chi connectivity index (χ1n) is 6.75. The lowest BCUT2D eigenvalue weighted by atomic mass is 9.73. The van der Waals surface area contributed by atoms with E-state index < -0.39 is 5.41 Å². The highest BCUT2D eigenvalue weighted by molar-refractivity contribution is 6.31. The molecule has 1 aromatic carbocycles. The number of anilines is 1. The van der Waals surface area contributed by atoms with Crippen molar-refractivity contribution in [2.75, 3.05) is 4.90 Å². The molecule has 1 heterocycles. The summed E-state index contributed by atoms with van der Waals surface area (Å²) < 4.78 is 0. The van der Waals surface area contributed by atoms with E-state index in [-0.39, 0.29) is 11.8 Å². The van der Waals surface area contributed by atoms with Crippen molar-refractivity contribution in [3.8, 4) is 0 Å². The van der Waals surface area contributed by atoms with Crippen molar-refractivity contribution in [2.45, 2.75) is 38.5 Å². The molecule has 0 aromatic heterocycles. The number of nitrogens with zero attached hydrogens (tertiary/aromatic N) is 1. The fourth-order valence-electron chi connectivity index (χ4n) is 3.29. The van der Waals surface area contributed by atoms with Gasteiger partial charge >= 0.3 is 0 Å². The van der Waals surface area contributed by atoms with Crippen LogP contribution < -0.4 is 4.90 Å². The summed E-state index contributed by atoms with van der Waals surface area (Å²) in [5.74, 6) is -0.117. The Balaban J connectivity index is 1.95. The van der Waals surface area contributed by atoms with Gasteiger partial charge in [0.05, 0.1) is 11.1 Å². The summed E-state index contributed by atoms with van der Waals surface area (Å²) in [4.78, 5) is 26.2. The van der Waals surface area contributed by atoms with Gasteiger partial charge in [-0.05, 0) is 31.0 Å². The molecule has 3 rings (SSSR count). The Morgan fingerprint density at radius 1 is 1.11 bits per heavy atom. The Hall–Kier alpha value is -1.35. The molecule has 1 aliphatic carbocycles. The molecule has 2 aliphatic rings. The molecule has 4 heteroatoms. The van der Waals surface area contributed by atoms with Crippen LogP contribution in [-0.4, -0.2) is 11.8 Å². The average Bonchev–Trinajstić information content (AvgIpc) is 2.62. The van der Waals surface area contributed by atoms with Gasteiger partial charge in [0.2, 0.25) is 11.8 Å². The second-order valence-corrected chi connectivity index (χ2v) is 5.97. The standard InChI is InChI=1S/C15H16ClNO2/c16-11-5-4-6-12(9-11)17-13(18)10-15(14(17)19)7-2-1-3-8-15/h4-6,9H,1-3,7-8,10H2. The summed E-state index contributed by atoms with van der Waals surface area (Å²) in [7, 11) is 0. The summed E-state index contributed by atoms with van der Waals surface area (Å²) in [5, 5.41) is 0.544. The summed E-state index contributed by atoms with van der Waals surface area (Å²) in [6.07, 6.45) is 5.30. The van der Waals surface area contributed by atoms with Crippen LogP contribution in [0.3, 0.4) is 0 Å². The molecule has 0 unspecified atom stereocenters. The first kappa shape index (κ1) is 12.7. The van der Waals surface area contributed by atoms with Crippen molar-refractivity contribution in [1.29, 1.82) is 0 Å². The van der Waals surface area contributed by atoms with E-state index in [1.165, 1.54) is 11.3 Å². The Morgan fingerprint density at radius 2 is 1.84 bits per heavy atom. The zero-order chi connectivity index (χ0) is 13.5. The smallest absolute Gasteiger partial charge is 0.240 e. The SMILES string of the molecule is O=C1CC2(CCCCC2)C(=O)N1c1cccc(Cl)c1. The Labute approximate surface area is 117 Å². The minimum Gasteiger partial charge on any atom is -0.274 e. The molecule has 0 N–H and O–H groups in total. The molecule has 100 valence electrons. The molecule has 2 fully saturated rings. The third kappa shape index (κ3) is 2.06. The number of benzene rings is 1. The summed E-state index contributed by atoms with van der Waals surface area (Å²) >= 11 is 5.95. The fourth-order valence-corrected chi connectivity index (χ4v) is 3.47. The molecule has 0 atom stereocenters. The van der Waals surface area contributed by atoms with E-state index >= 15 is 0 Å². The lowest BCUT2D eigenvalue weighted by Gasteiger charge is -2.30. The number of rotatable bonds is 1. The maximum Gasteiger partial charge on any atom is 0.240 e. The third-order valence-corrected chi connectivity index (χ3v) is 4.51. The van der Waals surface area contributed by atoms with Crippen LogP contribution in [0.4, 0.5) is 5.69 Å². The van der Waals surface area contributed by atoms with E-state index in [4.69, 9.17) is 11.6 Å². The topological polar surface area (TPSA) is 37.4 Å². The van der Waals surface area contributed by atoms with Gasteiger partial charge in [-0.3, -0.25) is 14.5 Å². The van der Waals surface area contributed by atoms with Crippen LogP contribution in [-0.2, 0) is 9.59 Å². The predicted molar refractivity (Wildman–Crippen MR) is 74.1 cm³/mol. The zero-order valence-corrected chi connectivity index (χ0v) is 11.4. The average molecular weight is 278 g/mol. The van der Waals surface area contributed by atoms with Crippen molar-refractivity contribution in [3.63, 3.8) is 0 Å². The highest BCUT2D eigenvalue weighted by Gasteiger charge is 2.51. The van der Waals surface area contributed by atoms with E-state index in [0.717, 1.165) is 25.7 Å². The quantitative estimate of drug-likeness (QED) is 0.736. The van der Waals surface area contributed by atoms with Crippen molar-refractivity contribution >= 4 is 29.1 Å². The lowest BCUT2D eigenvalue weighted by molar-refractivity contribution is -0.127. The van der Waals surface area contributed by atoms with E-state index in [9.17, 15) is 9.59 Å². The first-order valence-corrected chi connectivity index (χ1v) is 7.13. The lowest BCUT2D eigenvalue weighted by Crippen LogP contribution is -2.36. The molecule has 1 aromatic rings. The second-order valence-electron chi connectivity index (χ2n) is 5.53. The highest BCUT2D eigenvalue weighted by Crippen LogP contribution is 2.46. The van der Waals surface area contributed by atoms with Crippen LogP contribution in [0.5, 0.6) is 0 Å². The Bertz CT molecular complexity index is 535. The zero-order valence-electron chi connectivity index (χ0n) is 10.7. The van der Waals surface area contributed by atoms with Crippen molar-refractivity contribution < 1.29 is 9.59 Å². The van der Waals surface area contributed by atoms with Gasteiger partial charge in [0.15, 0.2) is 0 Å². The molecule has 1 saturated carbocycles. The molecule has 0 radical (unpaired) electrons. The number of carbonyl (C=O) groups excluding carboxylic acids is 2. The molecule has 1 saturated heterocycles. The van der Waals surface area contributed by atoms with Crippen molar-refractivity contribution in [1.82, 2.24) is 0 Å². The molecule has 2 amide bonds. The molecule has 3 nitrogen and oxygen atoms in total. The van der Waals surface area contributed by atoms with Crippen LogP contribution in [0.2, 0.25) is 5.02 Å². The van der Waals surface area contributed by atoms with Crippen LogP contribution in [0.1, 0.15) is 38.5 Å². The van der Waals surface area contributed by atoms with Crippen LogP contribution >= 0.6 is 11.6 Å². The van der Waals surface area contributed by atoms with E-state index in [2.05, 4.69) is 0 Å². The Morgan fingerprint density at radius 3 is 2.53 bits per heavy atom. The number of halogens is 1. The maximum atomic E-state index is 12.7. The maximum absolute atomic E-state index is 12.7. The third-order valence-electron chi connectivity index (χ3n) is 4.27. The minimum atomic E-state index is -0.433. The largest absolute Gasteiger partial charge is 0.274 e. The van der Waals surface area contributed by atoms with Crippen molar-refractivity contribution in [3.05, 3.63) is 29.3 Å². The number of imide groups is 1. The molecule has 19 heavy (non-hydrogen) atoms. The van der Waals surface area contributed by atoms with Gasteiger partial charge in [-0.2, -0.15) is 0 Å². The van der Waals surface area contributed by atoms with Crippen LogP contribution in [0.15, 0.2) is 24.3 Å². The van der Waals surface area contributed by atoms with Gasteiger partial charge in [-0.15, -0.1) is 0 Å². The van der Waals surface area contributed by atoms with Gasteiger partial charge in [0.25, 0.3) is 0 Å². The van der Waals surface area contributed by atoms with E-state index in [0.29, 0.717) is 17.1 Å². The number of amides is 2. The monoisotopic (exact) mass is 277 g/mol. The summed E-state index contributed by atoms with van der Waals surface area (Å²) in [6.45, 7) is 0. The predicted octanol–water partition coefficient (Wildman–Crippen LogP) is 3.55. The summed E-state index contributed by atoms with van der Waals surface area (Å²) in [5.41, 5.74) is 0.169. The van der Waals surface area contributed by atoms with Gasteiger partial charge in [-0.1, -0.05) is 36.9 Å². The molecule has 1 spiro atoms. The summed E-state index contributed by atoms with van der Waals surface area (Å²) in [6, 6.07) is 6.96. The van der Waals surface area contributed by atoms with Crippen LogP contribution in [0, 0.1) is 5.41 Å². The van der Waals surface area contributed by atoms with E-state index in [1.807, 2.05) is 0 Å². The molecular formula is C15H16ClNO2. The van der Waals surface area contributed by atoms with Gasteiger partial charge < -0.3 is 0 Å². The number of carbonyl (C=O) groups is 2. The van der Waals surface area contributed by atoms with E-state index in [1.54, 1.807) is 24.3 Å². The molecule has 1 aliphatic heterocycles. The van der Waals surface area contributed by atoms with Gasteiger partial charge in [0, 0.05) is 11.4 Å². The van der Waals surface area contributed by atoms with Crippen molar-refractivity contribution in [2.24, 2.45) is 5.41 Å². The normalized spacial score (nSPS) is 22.3. The molecular weight excluding hydrogens is 262 g/mol. The minimum absolute atomic E-state index is 0.0283. The number of hydrogen-bond donors (Lipinski definition) is 0. The van der Waals surface area contributed by atoms with Gasteiger partial charge in [0.1, 0.15) is 0 Å². The highest BCUT2D eigenvalue weighted by atomic mass is 35.5. The number of hydrogen-bond acceptors (Lipinski definition) is 2. The molecule has 0 bridgehead atoms. The second kappa shape index (κ2) is 4.64. The van der Waals surface area contributed by atoms with Crippen LogP contribution in [0.25, 0.3) is 0 Å². The fraction of sp³-hybridized carbons (Fsp3) is 0.467. The first-order chi connectivity index (χ1) is 9.12. The van der Waals surface area contributed by atoms with Gasteiger partial charge in [-0.25, -0.2) is 0 Å². The Kier molecular flexibility index (Phi) is 3.09.